The minimum absolute atomic E-state index is 0.0223. The molecule has 0 unspecified atom stereocenters. The maximum Gasteiger partial charge on any atom is 0.225 e. The van der Waals surface area contributed by atoms with Crippen molar-refractivity contribution in [3.8, 4) is 0 Å². The molecule has 23 heavy (non-hydrogen) atoms. The molecule has 0 aromatic heterocycles. The van der Waals surface area contributed by atoms with E-state index in [4.69, 9.17) is 5.73 Å². The van der Waals surface area contributed by atoms with Gasteiger partial charge in [0.15, 0.2) is 0 Å². The van der Waals surface area contributed by atoms with Gasteiger partial charge < -0.3 is 26.1 Å². The molecule has 0 radical (unpaired) electrons. The second-order valence-electron chi connectivity index (χ2n) is 5.14. The maximum atomic E-state index is 12.0. The van der Waals surface area contributed by atoms with Crippen LogP contribution in [-0.4, -0.2) is 23.0 Å². The molecule has 0 fully saturated rings. The van der Waals surface area contributed by atoms with Gasteiger partial charge >= 0.3 is 0 Å². The lowest BCUT2D eigenvalue weighted by atomic mass is 10.0. The van der Waals surface area contributed by atoms with Crippen molar-refractivity contribution >= 4 is 17.6 Å². The molecule has 0 aliphatic rings. The molecule has 0 saturated heterocycles. The van der Waals surface area contributed by atoms with Crippen molar-refractivity contribution in [1.29, 1.82) is 0 Å². The summed E-state index contributed by atoms with van der Waals surface area (Å²) in [4.78, 5) is 23.2. The third-order valence-electron chi connectivity index (χ3n) is 3.37. The summed E-state index contributed by atoms with van der Waals surface area (Å²) in [5.74, 6) is -2.08. The number of anilines is 1. The number of aliphatic carboxylic acids is 1. The van der Waals surface area contributed by atoms with Gasteiger partial charge in [0, 0.05) is 5.69 Å². The number of carboxylic acid groups (broad SMARTS) is 1. The number of nitrogen functional groups attached to an aromatic ring is 1. The molecule has 2 aromatic carbocycles. The molecule has 0 aliphatic heterocycles. The smallest absolute Gasteiger partial charge is 0.225 e. The van der Waals surface area contributed by atoms with Crippen molar-refractivity contribution in [3.05, 3.63) is 65.7 Å². The molecule has 1 amide bonds. The van der Waals surface area contributed by atoms with Crippen LogP contribution in [0, 0.1) is 0 Å². The van der Waals surface area contributed by atoms with E-state index in [1.54, 1.807) is 54.6 Å². The summed E-state index contributed by atoms with van der Waals surface area (Å²) >= 11 is 0. The first-order valence-corrected chi connectivity index (χ1v) is 7.05. The molecule has 0 saturated carbocycles. The first kappa shape index (κ1) is 16.5. The fourth-order valence-electron chi connectivity index (χ4n) is 2.15. The highest BCUT2D eigenvalue weighted by atomic mass is 16.4. The van der Waals surface area contributed by atoms with E-state index in [1.807, 2.05) is 0 Å². The highest BCUT2D eigenvalue weighted by Gasteiger charge is 2.23. The van der Waals surface area contributed by atoms with Gasteiger partial charge in [-0.05, 0) is 23.3 Å². The predicted molar refractivity (Wildman–Crippen MR) is 82.9 cm³/mol. The van der Waals surface area contributed by atoms with Crippen molar-refractivity contribution in [1.82, 2.24) is 5.32 Å². The molecule has 2 atom stereocenters. The van der Waals surface area contributed by atoms with Crippen molar-refractivity contribution in [2.75, 3.05) is 5.73 Å². The van der Waals surface area contributed by atoms with Gasteiger partial charge in [-0.15, -0.1) is 0 Å². The summed E-state index contributed by atoms with van der Waals surface area (Å²) in [7, 11) is 0. The summed E-state index contributed by atoms with van der Waals surface area (Å²) < 4.78 is 0. The molecule has 2 rings (SSSR count). The zero-order chi connectivity index (χ0) is 16.8. The number of carbonyl (C=O) groups excluding carboxylic acids is 2. The van der Waals surface area contributed by atoms with Crippen LogP contribution < -0.4 is 16.2 Å². The van der Waals surface area contributed by atoms with Gasteiger partial charge in [-0.3, -0.25) is 4.79 Å². The highest BCUT2D eigenvalue weighted by Crippen LogP contribution is 2.16. The van der Waals surface area contributed by atoms with Crippen LogP contribution in [0.15, 0.2) is 54.6 Å². The number of aliphatic hydroxyl groups is 1. The number of amides is 1. The Morgan fingerprint density at radius 1 is 1.09 bits per heavy atom. The zero-order valence-corrected chi connectivity index (χ0v) is 12.3. The fourth-order valence-corrected chi connectivity index (χ4v) is 2.15. The van der Waals surface area contributed by atoms with Gasteiger partial charge in [-0.25, -0.2) is 0 Å². The summed E-state index contributed by atoms with van der Waals surface area (Å²) in [6.07, 6.45) is -1.41. The Labute approximate surface area is 133 Å². The Balaban J connectivity index is 2.05. The van der Waals surface area contributed by atoms with Crippen molar-refractivity contribution in [3.63, 3.8) is 0 Å². The normalized spacial score (nSPS) is 13.1. The minimum Gasteiger partial charge on any atom is -0.548 e. The van der Waals surface area contributed by atoms with Gasteiger partial charge in [-0.2, -0.15) is 0 Å². The number of nitrogens with two attached hydrogens (primary N) is 1. The second-order valence-corrected chi connectivity index (χ2v) is 5.14. The van der Waals surface area contributed by atoms with Crippen LogP contribution >= 0.6 is 0 Å². The molecule has 0 spiro atoms. The lowest BCUT2D eigenvalue weighted by Crippen LogP contribution is -2.51. The largest absolute Gasteiger partial charge is 0.548 e. The van der Waals surface area contributed by atoms with Crippen LogP contribution in [0.3, 0.4) is 0 Å². The van der Waals surface area contributed by atoms with Crippen molar-refractivity contribution in [2.24, 2.45) is 0 Å². The van der Waals surface area contributed by atoms with Crippen LogP contribution in [-0.2, 0) is 16.0 Å². The zero-order valence-electron chi connectivity index (χ0n) is 12.3. The minimum atomic E-state index is -1.55. The Bertz CT molecular complexity index is 671. The molecule has 120 valence electrons. The Morgan fingerprint density at radius 2 is 1.70 bits per heavy atom. The Morgan fingerprint density at radius 3 is 2.26 bits per heavy atom. The van der Waals surface area contributed by atoms with Crippen LogP contribution in [0.4, 0.5) is 5.69 Å². The van der Waals surface area contributed by atoms with Gasteiger partial charge in [0.25, 0.3) is 0 Å². The number of carbonyl (C=O) groups is 2. The van der Waals surface area contributed by atoms with Gasteiger partial charge in [0.2, 0.25) is 5.91 Å². The van der Waals surface area contributed by atoms with E-state index in [1.165, 1.54) is 0 Å². The fraction of sp³-hybridized carbons (Fsp3) is 0.176. The summed E-state index contributed by atoms with van der Waals surface area (Å²) in [6, 6.07) is 13.4. The molecule has 6 nitrogen and oxygen atoms in total. The van der Waals surface area contributed by atoms with Crippen molar-refractivity contribution in [2.45, 2.75) is 18.6 Å². The monoisotopic (exact) mass is 313 g/mol. The maximum absolute atomic E-state index is 12.0. The quantitative estimate of drug-likeness (QED) is 0.638. The van der Waals surface area contributed by atoms with Gasteiger partial charge in [0.05, 0.1) is 18.4 Å². The van der Waals surface area contributed by atoms with E-state index in [-0.39, 0.29) is 6.42 Å². The van der Waals surface area contributed by atoms with E-state index in [9.17, 15) is 19.8 Å². The lowest BCUT2D eigenvalue weighted by Gasteiger charge is -2.25. The number of aliphatic hydroxyl groups excluding tert-OH is 1. The van der Waals surface area contributed by atoms with E-state index >= 15 is 0 Å². The van der Waals surface area contributed by atoms with Gasteiger partial charge in [0.1, 0.15) is 6.10 Å². The topological polar surface area (TPSA) is 115 Å². The van der Waals surface area contributed by atoms with Crippen molar-refractivity contribution < 1.29 is 19.8 Å². The summed E-state index contributed by atoms with van der Waals surface area (Å²) in [6.45, 7) is 0. The van der Waals surface area contributed by atoms with Crippen LogP contribution in [0.25, 0.3) is 0 Å². The summed E-state index contributed by atoms with van der Waals surface area (Å²) in [5, 5.41) is 23.7. The number of carboxylic acids is 1. The van der Waals surface area contributed by atoms with Crippen LogP contribution in [0.2, 0.25) is 0 Å². The Kier molecular flexibility index (Phi) is 5.32. The highest BCUT2D eigenvalue weighted by molar-refractivity contribution is 5.84. The number of hydrogen-bond acceptors (Lipinski definition) is 5. The third kappa shape index (κ3) is 4.55. The Hall–Kier alpha value is -2.86. The number of hydrogen-bond donors (Lipinski definition) is 3. The molecule has 4 N–H and O–H groups in total. The molecule has 6 heteroatoms. The third-order valence-corrected chi connectivity index (χ3v) is 3.37. The van der Waals surface area contributed by atoms with Gasteiger partial charge in [-0.1, -0.05) is 42.5 Å². The van der Waals surface area contributed by atoms with E-state index in [0.717, 1.165) is 0 Å². The molecule has 0 aliphatic carbocycles. The second kappa shape index (κ2) is 7.42. The molecule has 0 heterocycles. The predicted octanol–water partition coefficient (Wildman–Crippen LogP) is -0.220. The SMILES string of the molecule is Nc1ccc(CC(=O)N[C@@H](C(=O)[O-])[C@@H](O)c2ccccc2)cc1. The lowest BCUT2D eigenvalue weighted by molar-refractivity contribution is -0.310. The van der Waals surface area contributed by atoms with Crippen LogP contribution in [0.1, 0.15) is 17.2 Å². The number of nitrogens with one attached hydrogen (secondary N) is 1. The molecular weight excluding hydrogens is 296 g/mol. The molecule has 0 bridgehead atoms. The van der Waals surface area contributed by atoms with E-state index < -0.39 is 24.0 Å². The van der Waals surface area contributed by atoms with E-state index in [0.29, 0.717) is 16.8 Å². The number of rotatable bonds is 6. The first-order chi connectivity index (χ1) is 11.0. The van der Waals surface area contributed by atoms with Crippen LogP contribution in [0.5, 0.6) is 0 Å². The average Bonchev–Trinajstić information content (AvgIpc) is 2.55. The molecular formula is C17H17N2O4-. The standard InChI is InChI=1S/C17H18N2O4/c18-13-8-6-11(7-9-13)10-14(20)19-15(17(22)23)16(21)12-4-2-1-3-5-12/h1-9,15-16,21H,10,18H2,(H,19,20)(H,22,23)/p-1/t15-,16+/m1/s1. The number of benzene rings is 2. The average molecular weight is 313 g/mol. The first-order valence-electron chi connectivity index (χ1n) is 7.05. The van der Waals surface area contributed by atoms with E-state index in [2.05, 4.69) is 5.32 Å². The summed E-state index contributed by atoms with van der Waals surface area (Å²) in [5.41, 5.74) is 7.20. The molecule has 2 aromatic rings.